The first-order valence-corrected chi connectivity index (χ1v) is 5.46. The van der Waals surface area contributed by atoms with E-state index in [9.17, 15) is 4.79 Å². The highest BCUT2D eigenvalue weighted by Gasteiger charge is 2.05. The van der Waals surface area contributed by atoms with Gasteiger partial charge >= 0.3 is 0 Å². The van der Waals surface area contributed by atoms with E-state index in [0.717, 1.165) is 5.69 Å². The molecule has 3 nitrogen and oxygen atoms in total. The topological polar surface area (TPSA) is 31.2 Å². The third-order valence-corrected chi connectivity index (χ3v) is 2.29. The average Bonchev–Trinajstić information content (AvgIpc) is 2.18. The van der Waals surface area contributed by atoms with Crippen molar-refractivity contribution >= 4 is 11.6 Å². The summed E-state index contributed by atoms with van der Waals surface area (Å²) in [4.78, 5) is 11.6. The molecule has 0 radical (unpaired) electrons. The molecule has 4 heteroatoms. The number of nitrogens with zero attached hydrogens (tertiary/aromatic N) is 1. The maximum atomic E-state index is 11.6. The number of hydrogen-bond acceptors (Lipinski definition) is 2. The number of ether oxygens (including phenoxy) is 1. The summed E-state index contributed by atoms with van der Waals surface area (Å²) in [5.41, 5.74) is 0.683. The van der Waals surface area contributed by atoms with Crippen LogP contribution in [0.25, 0.3) is 0 Å². The molecule has 0 aliphatic carbocycles. The molecular weight excluding hydrogens is 214 g/mol. The predicted octanol–water partition coefficient (Wildman–Crippen LogP) is 2.16. The Morgan fingerprint density at radius 2 is 2.20 bits per heavy atom. The number of halogens is 1. The zero-order chi connectivity index (χ0) is 11.4. The van der Waals surface area contributed by atoms with Crippen LogP contribution in [0, 0.1) is 5.92 Å². The Labute approximate surface area is 94.6 Å². The molecule has 0 aliphatic heterocycles. The van der Waals surface area contributed by atoms with Crippen LogP contribution in [0.1, 0.15) is 19.5 Å². The molecule has 1 aromatic rings. The van der Waals surface area contributed by atoms with E-state index in [4.69, 9.17) is 16.3 Å². The molecule has 0 aliphatic rings. The summed E-state index contributed by atoms with van der Waals surface area (Å²) in [5.74, 6) is 1.12. The zero-order valence-electron chi connectivity index (χ0n) is 9.29. The Morgan fingerprint density at radius 3 is 2.73 bits per heavy atom. The highest BCUT2D eigenvalue weighted by molar-refractivity contribution is 6.16. The van der Waals surface area contributed by atoms with Crippen LogP contribution in [0.2, 0.25) is 0 Å². The first-order valence-electron chi connectivity index (χ1n) is 4.93. The minimum absolute atomic E-state index is 0.107. The first-order chi connectivity index (χ1) is 7.04. The second kappa shape index (κ2) is 5.21. The Morgan fingerprint density at radius 1 is 1.53 bits per heavy atom. The molecule has 0 saturated carbocycles. The average molecular weight is 230 g/mol. The molecule has 0 bridgehead atoms. The fourth-order valence-corrected chi connectivity index (χ4v) is 1.41. The van der Waals surface area contributed by atoms with Crippen molar-refractivity contribution in [1.29, 1.82) is 0 Å². The quantitative estimate of drug-likeness (QED) is 0.741. The lowest BCUT2D eigenvalue weighted by molar-refractivity contribution is 0.266. The normalized spacial score (nSPS) is 10.7. The smallest absolute Gasteiger partial charge is 0.223 e. The van der Waals surface area contributed by atoms with E-state index < -0.39 is 0 Å². The van der Waals surface area contributed by atoms with Gasteiger partial charge in [0.25, 0.3) is 0 Å². The number of rotatable bonds is 4. The first kappa shape index (κ1) is 12.1. The van der Waals surface area contributed by atoms with Crippen LogP contribution >= 0.6 is 11.6 Å². The summed E-state index contributed by atoms with van der Waals surface area (Å²) in [6.45, 7) is 4.63. The third kappa shape index (κ3) is 3.27. The van der Waals surface area contributed by atoms with E-state index in [1.165, 1.54) is 6.07 Å². The lowest BCUT2D eigenvalue weighted by Gasteiger charge is -2.11. The molecule has 15 heavy (non-hydrogen) atoms. The minimum atomic E-state index is -0.107. The lowest BCUT2D eigenvalue weighted by Crippen LogP contribution is -2.15. The van der Waals surface area contributed by atoms with Crippen LogP contribution in [0.4, 0.5) is 0 Å². The van der Waals surface area contributed by atoms with Crippen molar-refractivity contribution in [1.82, 2.24) is 4.57 Å². The monoisotopic (exact) mass is 229 g/mol. The van der Waals surface area contributed by atoms with Gasteiger partial charge in [-0.3, -0.25) is 4.79 Å². The molecular formula is C11H16ClNO2. The molecule has 1 rings (SSSR count). The second-order valence-corrected chi connectivity index (χ2v) is 4.21. The maximum Gasteiger partial charge on any atom is 0.223 e. The molecule has 0 spiro atoms. The molecule has 0 amide bonds. The second-order valence-electron chi connectivity index (χ2n) is 3.94. The standard InChI is InChI=1S/C11H16ClNO2/c1-8(2)7-15-11-6-13(3)9(5-12)4-10(11)14/h4,6,8H,5,7H2,1-3H3. The van der Waals surface area contributed by atoms with Crippen molar-refractivity contribution in [3.05, 3.63) is 28.2 Å². The van der Waals surface area contributed by atoms with E-state index in [1.54, 1.807) is 6.20 Å². The van der Waals surface area contributed by atoms with Crippen molar-refractivity contribution < 1.29 is 4.74 Å². The molecule has 0 aromatic carbocycles. The van der Waals surface area contributed by atoms with Gasteiger partial charge < -0.3 is 9.30 Å². The Kier molecular flexibility index (Phi) is 4.21. The number of aryl methyl sites for hydroxylation is 1. The fourth-order valence-electron chi connectivity index (χ4n) is 1.14. The van der Waals surface area contributed by atoms with Crippen molar-refractivity contribution in [2.45, 2.75) is 19.7 Å². The molecule has 0 atom stereocenters. The maximum absolute atomic E-state index is 11.6. The number of hydrogen-bond donors (Lipinski definition) is 0. The van der Waals surface area contributed by atoms with Crippen molar-refractivity contribution in [3.8, 4) is 5.75 Å². The number of aromatic nitrogens is 1. The van der Waals surface area contributed by atoms with E-state index in [-0.39, 0.29) is 5.43 Å². The van der Waals surface area contributed by atoms with Crippen LogP contribution in [0.3, 0.4) is 0 Å². The molecule has 0 N–H and O–H groups in total. The fraction of sp³-hybridized carbons (Fsp3) is 0.545. The van der Waals surface area contributed by atoms with Gasteiger partial charge in [0.15, 0.2) is 5.75 Å². The van der Waals surface area contributed by atoms with Gasteiger partial charge in [0.2, 0.25) is 5.43 Å². The molecule has 0 saturated heterocycles. The van der Waals surface area contributed by atoms with E-state index >= 15 is 0 Å². The van der Waals surface area contributed by atoms with Gasteiger partial charge in [-0.25, -0.2) is 0 Å². The van der Waals surface area contributed by atoms with Crippen molar-refractivity contribution in [2.75, 3.05) is 6.61 Å². The highest BCUT2D eigenvalue weighted by atomic mass is 35.5. The van der Waals surface area contributed by atoms with Gasteiger partial charge in [0.05, 0.1) is 18.7 Å². The van der Waals surface area contributed by atoms with Crippen LogP contribution in [-0.2, 0) is 12.9 Å². The third-order valence-electron chi connectivity index (χ3n) is 2.01. The van der Waals surface area contributed by atoms with Crippen molar-refractivity contribution in [3.63, 3.8) is 0 Å². The molecule has 1 aromatic heterocycles. The molecule has 84 valence electrons. The highest BCUT2D eigenvalue weighted by Crippen LogP contribution is 2.08. The number of pyridine rings is 1. The van der Waals surface area contributed by atoms with Crippen LogP contribution in [0.5, 0.6) is 5.75 Å². The van der Waals surface area contributed by atoms with Gasteiger partial charge in [0.1, 0.15) is 0 Å². The van der Waals surface area contributed by atoms with E-state index in [0.29, 0.717) is 24.2 Å². The van der Waals surface area contributed by atoms with Gasteiger partial charge in [-0.2, -0.15) is 0 Å². The summed E-state index contributed by atoms with van der Waals surface area (Å²) in [6, 6.07) is 1.52. The van der Waals surface area contributed by atoms with E-state index in [2.05, 4.69) is 0 Å². The predicted molar refractivity (Wildman–Crippen MR) is 61.6 cm³/mol. The molecule has 1 heterocycles. The van der Waals surface area contributed by atoms with E-state index in [1.807, 2.05) is 25.5 Å². The summed E-state index contributed by atoms with van der Waals surface area (Å²) < 4.78 is 7.21. The molecule has 0 fully saturated rings. The summed E-state index contributed by atoms with van der Waals surface area (Å²) >= 11 is 5.68. The summed E-state index contributed by atoms with van der Waals surface area (Å²) in [6.07, 6.45) is 1.68. The Balaban J connectivity index is 2.90. The van der Waals surface area contributed by atoms with Crippen molar-refractivity contribution in [2.24, 2.45) is 13.0 Å². The summed E-state index contributed by atoms with van der Waals surface area (Å²) in [5, 5.41) is 0. The van der Waals surface area contributed by atoms with Crippen LogP contribution in [-0.4, -0.2) is 11.2 Å². The lowest BCUT2D eigenvalue weighted by atomic mass is 10.2. The zero-order valence-corrected chi connectivity index (χ0v) is 10.0. The summed E-state index contributed by atoms with van der Waals surface area (Å²) in [7, 11) is 1.85. The molecule has 0 unspecified atom stereocenters. The van der Waals surface area contributed by atoms with Crippen LogP contribution < -0.4 is 10.2 Å². The van der Waals surface area contributed by atoms with Gasteiger partial charge in [-0.05, 0) is 5.92 Å². The SMILES string of the molecule is CC(C)COc1cn(C)c(CCl)cc1=O. The minimum Gasteiger partial charge on any atom is -0.488 e. The largest absolute Gasteiger partial charge is 0.488 e. The van der Waals surface area contributed by atoms with Gasteiger partial charge in [0, 0.05) is 18.8 Å². The van der Waals surface area contributed by atoms with Gasteiger partial charge in [-0.1, -0.05) is 13.8 Å². The number of alkyl halides is 1. The Hall–Kier alpha value is -0.960. The van der Waals surface area contributed by atoms with Gasteiger partial charge in [-0.15, -0.1) is 11.6 Å². The Bertz CT molecular complexity index is 385. The van der Waals surface area contributed by atoms with Crippen LogP contribution in [0.15, 0.2) is 17.1 Å².